The van der Waals surface area contributed by atoms with E-state index in [1.54, 1.807) is 0 Å². The largest absolute Gasteiger partial charge is 0.472 e. The number of quaternary nitrogens is 1. The first-order valence-corrected chi connectivity index (χ1v) is 17.9. The van der Waals surface area contributed by atoms with Crippen LogP contribution in [0.15, 0.2) is 12.2 Å². The number of hydrogen-bond acceptors (Lipinski definition) is 6. The summed E-state index contributed by atoms with van der Waals surface area (Å²) in [5.74, 6) is -0.327. The molecule has 0 amide bonds. The van der Waals surface area contributed by atoms with Gasteiger partial charge in [0.05, 0.1) is 34.4 Å². The Morgan fingerprint density at radius 1 is 0.732 bits per heavy atom. The van der Waals surface area contributed by atoms with Crippen molar-refractivity contribution in [2.45, 2.75) is 136 Å². The van der Waals surface area contributed by atoms with Crippen molar-refractivity contribution in [3.05, 3.63) is 12.2 Å². The van der Waals surface area contributed by atoms with Gasteiger partial charge in [0.25, 0.3) is 0 Å². The standard InChI is InChI=1S/C32H64NO7P/c1-6-8-10-12-14-15-16-17-18-19-20-22-24-27-37-29-31(40-32(34)25-23-21-13-11-9-7-2)30-39-41(35,36)38-28-26-33(3,4)5/h14-15,31H,6-13,16-30H2,1-5H3/p+1/b15-14-. The fraction of sp³-hybridized carbons (Fsp3) is 0.906. The Kier molecular flexibility index (Phi) is 26.3. The number of likely N-dealkylation sites (N-methyl/N-ethyl adjacent to an activating group) is 1. The highest BCUT2D eigenvalue weighted by molar-refractivity contribution is 7.47. The SMILES string of the molecule is CCCCC/C=C\CCCCCCCCOCC(COP(=O)(O)OCC[N+](C)(C)C)OC(=O)CCCCCCCC. The third-order valence-corrected chi connectivity index (χ3v) is 7.81. The summed E-state index contributed by atoms with van der Waals surface area (Å²) in [4.78, 5) is 22.5. The van der Waals surface area contributed by atoms with Crippen LogP contribution in [-0.4, -0.2) is 75.6 Å². The molecule has 0 fully saturated rings. The van der Waals surface area contributed by atoms with Gasteiger partial charge < -0.3 is 18.9 Å². The maximum atomic E-state index is 12.4. The molecule has 8 nitrogen and oxygen atoms in total. The number of nitrogens with zero attached hydrogens (tertiary/aromatic N) is 1. The van der Waals surface area contributed by atoms with Gasteiger partial charge in [-0.25, -0.2) is 4.57 Å². The van der Waals surface area contributed by atoms with Crippen LogP contribution in [0.5, 0.6) is 0 Å². The Bertz CT molecular complexity index is 681. The molecule has 0 aliphatic rings. The summed E-state index contributed by atoms with van der Waals surface area (Å²) >= 11 is 0. The Morgan fingerprint density at radius 2 is 1.27 bits per heavy atom. The smallest absolute Gasteiger partial charge is 0.457 e. The normalized spacial score (nSPS) is 14.4. The molecule has 0 aromatic heterocycles. The number of hydrogen-bond donors (Lipinski definition) is 1. The summed E-state index contributed by atoms with van der Waals surface area (Å²) in [7, 11) is 1.66. The van der Waals surface area contributed by atoms with Gasteiger partial charge in [-0.05, 0) is 38.5 Å². The van der Waals surface area contributed by atoms with E-state index in [-0.39, 0.29) is 25.8 Å². The van der Waals surface area contributed by atoms with Crippen LogP contribution in [0.2, 0.25) is 0 Å². The summed E-state index contributed by atoms with van der Waals surface area (Å²) < 4.78 is 34.5. The van der Waals surface area contributed by atoms with Gasteiger partial charge in [0, 0.05) is 13.0 Å². The molecule has 0 bridgehead atoms. The zero-order valence-corrected chi connectivity index (χ0v) is 28.2. The van der Waals surface area contributed by atoms with Gasteiger partial charge in [0.1, 0.15) is 19.3 Å². The minimum atomic E-state index is -4.25. The van der Waals surface area contributed by atoms with Gasteiger partial charge in [-0.3, -0.25) is 13.8 Å². The van der Waals surface area contributed by atoms with E-state index in [2.05, 4.69) is 26.0 Å². The Hall–Kier alpha value is -0.760. The Labute approximate surface area is 252 Å². The molecule has 1 N–H and O–H groups in total. The van der Waals surface area contributed by atoms with Crippen LogP contribution in [0.3, 0.4) is 0 Å². The van der Waals surface area contributed by atoms with Crippen LogP contribution in [0.4, 0.5) is 0 Å². The Balaban J connectivity index is 4.29. The second-order valence-electron chi connectivity index (χ2n) is 12.2. The average molecular weight is 607 g/mol. The minimum absolute atomic E-state index is 0.0893. The van der Waals surface area contributed by atoms with E-state index < -0.39 is 13.9 Å². The van der Waals surface area contributed by atoms with E-state index in [0.717, 1.165) is 32.1 Å². The minimum Gasteiger partial charge on any atom is -0.457 e. The number of phosphoric ester groups is 1. The maximum Gasteiger partial charge on any atom is 0.472 e. The van der Waals surface area contributed by atoms with Gasteiger partial charge in [0.15, 0.2) is 0 Å². The lowest BCUT2D eigenvalue weighted by Crippen LogP contribution is -2.37. The number of unbranched alkanes of at least 4 members (excludes halogenated alkanes) is 14. The average Bonchev–Trinajstić information content (AvgIpc) is 2.90. The third kappa shape index (κ3) is 30.5. The van der Waals surface area contributed by atoms with Gasteiger partial charge in [0.2, 0.25) is 0 Å². The molecule has 244 valence electrons. The molecule has 41 heavy (non-hydrogen) atoms. The third-order valence-electron chi connectivity index (χ3n) is 6.83. The predicted molar refractivity (Wildman–Crippen MR) is 169 cm³/mol. The van der Waals surface area contributed by atoms with E-state index >= 15 is 0 Å². The summed E-state index contributed by atoms with van der Waals surface area (Å²) in [5.41, 5.74) is 0. The lowest BCUT2D eigenvalue weighted by atomic mass is 10.1. The number of carbonyl (C=O) groups is 1. The highest BCUT2D eigenvalue weighted by Crippen LogP contribution is 2.43. The highest BCUT2D eigenvalue weighted by Gasteiger charge is 2.26. The predicted octanol–water partition coefficient (Wildman–Crippen LogP) is 8.37. The highest BCUT2D eigenvalue weighted by atomic mass is 31.2. The van der Waals surface area contributed by atoms with E-state index in [4.69, 9.17) is 18.5 Å². The van der Waals surface area contributed by atoms with Crippen LogP contribution >= 0.6 is 7.82 Å². The van der Waals surface area contributed by atoms with Crippen LogP contribution < -0.4 is 0 Å². The van der Waals surface area contributed by atoms with E-state index in [9.17, 15) is 14.3 Å². The van der Waals surface area contributed by atoms with Crippen molar-refractivity contribution in [3.63, 3.8) is 0 Å². The van der Waals surface area contributed by atoms with Gasteiger partial charge in [-0.1, -0.05) is 96.6 Å². The molecule has 0 saturated heterocycles. The number of allylic oxidation sites excluding steroid dienone is 2. The summed E-state index contributed by atoms with van der Waals surface area (Å²) in [6.45, 7) is 5.51. The van der Waals surface area contributed by atoms with Crippen molar-refractivity contribution in [2.24, 2.45) is 0 Å². The summed E-state index contributed by atoms with van der Waals surface area (Å²) in [5, 5.41) is 0. The molecule has 0 saturated carbocycles. The molecule has 2 unspecified atom stereocenters. The molecule has 9 heteroatoms. The van der Waals surface area contributed by atoms with Gasteiger partial charge in [-0.2, -0.15) is 0 Å². The molecule has 0 rings (SSSR count). The lowest BCUT2D eigenvalue weighted by Gasteiger charge is -2.24. The molecule has 0 radical (unpaired) electrons. The van der Waals surface area contributed by atoms with Crippen molar-refractivity contribution in [3.8, 4) is 0 Å². The van der Waals surface area contributed by atoms with Crippen molar-refractivity contribution in [1.29, 1.82) is 0 Å². The molecule has 2 atom stereocenters. The number of carbonyl (C=O) groups excluding carboxylic acids is 1. The first kappa shape index (κ1) is 40.2. The van der Waals surface area contributed by atoms with Crippen LogP contribution in [0, 0.1) is 0 Å². The monoisotopic (exact) mass is 606 g/mol. The molecule has 0 aromatic rings. The molecule has 0 heterocycles. The quantitative estimate of drug-likeness (QED) is 0.0289. The molecular formula is C32H65NO7P+. The molecular weight excluding hydrogens is 541 g/mol. The number of esters is 1. The second-order valence-corrected chi connectivity index (χ2v) is 13.6. The summed E-state index contributed by atoms with van der Waals surface area (Å²) in [6, 6.07) is 0. The fourth-order valence-corrected chi connectivity index (χ4v) is 4.93. The first-order valence-electron chi connectivity index (χ1n) is 16.4. The van der Waals surface area contributed by atoms with E-state index in [1.807, 2.05) is 21.1 Å². The van der Waals surface area contributed by atoms with Crippen LogP contribution in [0.1, 0.15) is 129 Å². The zero-order chi connectivity index (χ0) is 30.7. The maximum absolute atomic E-state index is 12.4. The lowest BCUT2D eigenvalue weighted by molar-refractivity contribution is -0.870. The second kappa shape index (κ2) is 26.8. The number of ether oxygens (including phenoxy) is 2. The summed E-state index contributed by atoms with van der Waals surface area (Å²) in [6.07, 6.45) is 24.0. The van der Waals surface area contributed by atoms with Gasteiger partial charge >= 0.3 is 13.8 Å². The fourth-order valence-electron chi connectivity index (χ4n) is 4.19. The zero-order valence-electron chi connectivity index (χ0n) is 27.3. The molecule has 0 aromatic carbocycles. The van der Waals surface area contributed by atoms with Crippen molar-refractivity contribution >= 4 is 13.8 Å². The Morgan fingerprint density at radius 3 is 1.90 bits per heavy atom. The molecule has 0 spiro atoms. The molecule has 0 aliphatic carbocycles. The molecule has 0 aliphatic heterocycles. The van der Waals surface area contributed by atoms with Crippen LogP contribution in [-0.2, 0) is 27.9 Å². The number of rotatable bonds is 30. The van der Waals surface area contributed by atoms with E-state index in [1.165, 1.54) is 77.0 Å². The van der Waals surface area contributed by atoms with Crippen molar-refractivity contribution in [2.75, 3.05) is 54.1 Å². The number of phosphoric acid groups is 1. The van der Waals surface area contributed by atoms with Gasteiger partial charge in [-0.15, -0.1) is 0 Å². The topological polar surface area (TPSA) is 91.3 Å². The van der Waals surface area contributed by atoms with Crippen molar-refractivity contribution in [1.82, 2.24) is 0 Å². The van der Waals surface area contributed by atoms with Crippen LogP contribution in [0.25, 0.3) is 0 Å². The first-order chi connectivity index (χ1) is 19.6. The van der Waals surface area contributed by atoms with E-state index in [0.29, 0.717) is 24.1 Å². The van der Waals surface area contributed by atoms with Crippen molar-refractivity contribution < 1.29 is 37.3 Å².